The Labute approximate surface area is 171 Å². The van der Waals surface area contributed by atoms with E-state index in [2.05, 4.69) is 5.32 Å². The maximum Gasteiger partial charge on any atom is 0.259 e. The zero-order valence-electron chi connectivity index (χ0n) is 16.8. The average molecular weight is 419 g/mol. The van der Waals surface area contributed by atoms with Crippen molar-refractivity contribution >= 4 is 21.6 Å². The number of anilines is 1. The van der Waals surface area contributed by atoms with Crippen LogP contribution in [-0.4, -0.2) is 45.4 Å². The van der Waals surface area contributed by atoms with Crippen molar-refractivity contribution < 1.29 is 22.7 Å². The van der Waals surface area contributed by atoms with Gasteiger partial charge in [-0.15, -0.1) is 0 Å². The predicted molar refractivity (Wildman–Crippen MR) is 111 cm³/mol. The molecule has 0 aliphatic carbocycles. The highest BCUT2D eigenvalue weighted by Gasteiger charge is 2.30. The van der Waals surface area contributed by atoms with Crippen LogP contribution in [0.3, 0.4) is 0 Å². The van der Waals surface area contributed by atoms with Crippen LogP contribution in [0.2, 0.25) is 0 Å². The Morgan fingerprint density at radius 1 is 1.07 bits per heavy atom. The van der Waals surface area contributed by atoms with E-state index in [-0.39, 0.29) is 16.8 Å². The lowest BCUT2D eigenvalue weighted by Crippen LogP contribution is -2.41. The highest BCUT2D eigenvalue weighted by molar-refractivity contribution is 7.89. The number of amides is 1. The molecule has 8 heteroatoms. The van der Waals surface area contributed by atoms with Crippen molar-refractivity contribution in [2.75, 3.05) is 26.1 Å². The lowest BCUT2D eigenvalue weighted by atomic mass is 10.1. The van der Waals surface area contributed by atoms with E-state index in [4.69, 9.17) is 9.47 Å². The van der Waals surface area contributed by atoms with Crippen molar-refractivity contribution in [1.82, 2.24) is 4.31 Å². The summed E-state index contributed by atoms with van der Waals surface area (Å²) < 4.78 is 37.8. The normalized spacial score (nSPS) is 17.6. The first-order chi connectivity index (χ1) is 13.9. The summed E-state index contributed by atoms with van der Waals surface area (Å²) in [6.07, 6.45) is 2.80. The number of hydrogen-bond acceptors (Lipinski definition) is 5. The van der Waals surface area contributed by atoms with Crippen LogP contribution in [0.4, 0.5) is 5.69 Å². The molecule has 0 spiro atoms. The van der Waals surface area contributed by atoms with E-state index < -0.39 is 10.0 Å². The van der Waals surface area contributed by atoms with Crippen LogP contribution < -0.4 is 14.8 Å². The minimum Gasteiger partial charge on any atom is -0.497 e. The summed E-state index contributed by atoms with van der Waals surface area (Å²) in [4.78, 5) is 12.8. The maximum absolute atomic E-state index is 12.9. The Kier molecular flexibility index (Phi) is 6.44. The topological polar surface area (TPSA) is 84.9 Å². The minimum absolute atomic E-state index is 0.00401. The SMILES string of the molecule is COc1ccc(C(=O)Nc2ccc(S(=O)(=O)N3CCCCC3C)cc2)c(OC)c1. The number of nitrogens with one attached hydrogen (secondary N) is 1. The zero-order chi connectivity index (χ0) is 21.0. The summed E-state index contributed by atoms with van der Waals surface area (Å²) in [5, 5.41) is 2.77. The monoisotopic (exact) mass is 418 g/mol. The molecule has 1 aliphatic rings. The molecule has 1 N–H and O–H groups in total. The van der Waals surface area contributed by atoms with Crippen LogP contribution >= 0.6 is 0 Å². The number of sulfonamides is 1. The molecular formula is C21H26N2O5S. The van der Waals surface area contributed by atoms with Gasteiger partial charge in [0.2, 0.25) is 10.0 Å². The molecule has 2 aromatic carbocycles. The Balaban J connectivity index is 1.76. The van der Waals surface area contributed by atoms with Crippen molar-refractivity contribution in [3.63, 3.8) is 0 Å². The summed E-state index contributed by atoms with van der Waals surface area (Å²) in [7, 11) is -0.525. The summed E-state index contributed by atoms with van der Waals surface area (Å²) in [6.45, 7) is 2.48. The maximum atomic E-state index is 12.9. The first-order valence-corrected chi connectivity index (χ1v) is 11.0. The van der Waals surface area contributed by atoms with Gasteiger partial charge >= 0.3 is 0 Å². The molecule has 0 radical (unpaired) electrons. The molecule has 2 aromatic rings. The molecule has 0 saturated carbocycles. The largest absolute Gasteiger partial charge is 0.497 e. The lowest BCUT2D eigenvalue weighted by Gasteiger charge is -2.32. The van der Waals surface area contributed by atoms with E-state index in [0.29, 0.717) is 29.3 Å². The number of hydrogen-bond donors (Lipinski definition) is 1. The quantitative estimate of drug-likeness (QED) is 0.776. The number of methoxy groups -OCH3 is 2. The van der Waals surface area contributed by atoms with Gasteiger partial charge in [-0.3, -0.25) is 4.79 Å². The van der Waals surface area contributed by atoms with Gasteiger partial charge < -0.3 is 14.8 Å². The second-order valence-corrected chi connectivity index (χ2v) is 8.90. The van der Waals surface area contributed by atoms with Gasteiger partial charge in [-0.05, 0) is 56.2 Å². The molecule has 1 fully saturated rings. The number of nitrogens with zero attached hydrogens (tertiary/aromatic N) is 1. The van der Waals surface area contributed by atoms with Crippen LogP contribution in [0.15, 0.2) is 47.4 Å². The van der Waals surface area contributed by atoms with Crippen LogP contribution in [0.5, 0.6) is 11.5 Å². The number of carbonyl (C=O) groups excluding carboxylic acids is 1. The standard InChI is InChI=1S/C21H26N2O5S/c1-15-6-4-5-13-23(15)29(25,26)18-10-7-16(8-11-18)22-21(24)19-12-9-17(27-2)14-20(19)28-3/h7-12,14-15H,4-6,13H2,1-3H3,(H,22,24). The van der Waals surface area contributed by atoms with E-state index in [1.807, 2.05) is 6.92 Å². The molecule has 3 rings (SSSR count). The Morgan fingerprint density at radius 3 is 2.41 bits per heavy atom. The first-order valence-electron chi connectivity index (χ1n) is 9.52. The number of benzene rings is 2. The minimum atomic E-state index is -3.54. The van der Waals surface area contributed by atoms with E-state index >= 15 is 0 Å². The molecule has 1 unspecified atom stereocenters. The number of piperidine rings is 1. The molecule has 1 heterocycles. The lowest BCUT2D eigenvalue weighted by molar-refractivity contribution is 0.102. The fourth-order valence-electron chi connectivity index (χ4n) is 3.46. The van der Waals surface area contributed by atoms with Crippen LogP contribution in [0, 0.1) is 0 Å². The molecule has 1 saturated heterocycles. The molecule has 29 heavy (non-hydrogen) atoms. The Bertz CT molecular complexity index is 973. The van der Waals surface area contributed by atoms with Gasteiger partial charge in [-0.1, -0.05) is 6.42 Å². The summed E-state index contributed by atoms with van der Waals surface area (Å²) >= 11 is 0. The number of ether oxygens (including phenoxy) is 2. The molecule has 1 atom stereocenters. The summed E-state index contributed by atoms with van der Waals surface area (Å²) in [6, 6.07) is 11.1. The zero-order valence-corrected chi connectivity index (χ0v) is 17.7. The van der Waals surface area contributed by atoms with E-state index in [1.54, 1.807) is 34.6 Å². The van der Waals surface area contributed by atoms with Crippen molar-refractivity contribution in [2.45, 2.75) is 37.1 Å². The van der Waals surface area contributed by atoms with Gasteiger partial charge in [-0.25, -0.2) is 8.42 Å². The highest BCUT2D eigenvalue weighted by Crippen LogP contribution is 2.27. The third-order valence-electron chi connectivity index (χ3n) is 5.11. The summed E-state index contributed by atoms with van der Waals surface area (Å²) in [5.74, 6) is 0.616. The predicted octanol–water partition coefficient (Wildman–Crippen LogP) is 3.52. The highest BCUT2D eigenvalue weighted by atomic mass is 32.2. The second kappa shape index (κ2) is 8.84. The van der Waals surface area contributed by atoms with Gasteiger partial charge in [0.05, 0.1) is 24.7 Å². The molecule has 7 nitrogen and oxygen atoms in total. The molecule has 1 amide bonds. The van der Waals surface area contributed by atoms with Crippen LogP contribution in [-0.2, 0) is 10.0 Å². The van der Waals surface area contributed by atoms with Gasteiger partial charge in [0.25, 0.3) is 5.91 Å². The van der Waals surface area contributed by atoms with Gasteiger partial charge in [0.15, 0.2) is 0 Å². The third-order valence-corrected chi connectivity index (χ3v) is 7.14. The van der Waals surface area contributed by atoms with Gasteiger partial charge in [0, 0.05) is 24.3 Å². The van der Waals surface area contributed by atoms with Gasteiger partial charge in [0.1, 0.15) is 11.5 Å². The average Bonchev–Trinajstić information content (AvgIpc) is 2.73. The molecular weight excluding hydrogens is 392 g/mol. The molecule has 156 valence electrons. The molecule has 0 aromatic heterocycles. The van der Waals surface area contributed by atoms with Gasteiger partial charge in [-0.2, -0.15) is 4.31 Å². The molecule has 0 bridgehead atoms. The number of rotatable bonds is 6. The van der Waals surface area contributed by atoms with Crippen LogP contribution in [0.1, 0.15) is 36.5 Å². The van der Waals surface area contributed by atoms with Crippen molar-refractivity contribution in [3.8, 4) is 11.5 Å². The van der Waals surface area contributed by atoms with Crippen molar-refractivity contribution in [2.24, 2.45) is 0 Å². The Hall–Kier alpha value is -2.58. The smallest absolute Gasteiger partial charge is 0.259 e. The first kappa shape index (κ1) is 21.1. The third kappa shape index (κ3) is 4.54. The van der Waals surface area contributed by atoms with Crippen molar-refractivity contribution in [1.29, 1.82) is 0 Å². The van der Waals surface area contributed by atoms with Crippen LogP contribution in [0.25, 0.3) is 0 Å². The molecule has 1 aliphatic heterocycles. The van der Waals surface area contributed by atoms with E-state index in [1.165, 1.54) is 26.4 Å². The Morgan fingerprint density at radius 2 is 1.79 bits per heavy atom. The summed E-state index contributed by atoms with van der Waals surface area (Å²) in [5.41, 5.74) is 0.852. The van der Waals surface area contributed by atoms with Crippen molar-refractivity contribution in [3.05, 3.63) is 48.0 Å². The second-order valence-electron chi connectivity index (χ2n) is 7.01. The fourth-order valence-corrected chi connectivity index (χ4v) is 5.16. The fraction of sp³-hybridized carbons (Fsp3) is 0.381. The van der Waals surface area contributed by atoms with E-state index in [9.17, 15) is 13.2 Å². The number of carbonyl (C=O) groups is 1. The van der Waals surface area contributed by atoms with E-state index in [0.717, 1.165) is 19.3 Å².